The molecule has 0 aliphatic rings. The third-order valence-corrected chi connectivity index (χ3v) is 2.35. The quantitative estimate of drug-likeness (QED) is 0.764. The number of halogens is 5. The Morgan fingerprint density at radius 2 is 1.44 bits per heavy atom. The molecule has 1 aromatic rings. The van der Waals surface area contributed by atoms with Gasteiger partial charge >= 0.3 is 12.1 Å². The fourth-order valence-corrected chi connectivity index (χ4v) is 1.63. The zero-order chi connectivity index (χ0) is 14.1. The standard InChI is InChI=1S/C12H11F5O/c1-7-3-8(2)5-9(4-7)6-10(18)11(13,14)12(15,16)17/h3-5H,6H2,1-2H3. The van der Waals surface area contributed by atoms with Crippen molar-refractivity contribution in [2.75, 3.05) is 0 Å². The second kappa shape index (κ2) is 4.66. The molecule has 0 amide bonds. The second-order valence-corrected chi connectivity index (χ2v) is 4.17. The number of ketones is 1. The number of hydrogen-bond acceptors (Lipinski definition) is 1. The van der Waals surface area contributed by atoms with Crippen LogP contribution in [0.4, 0.5) is 22.0 Å². The molecule has 0 bridgehead atoms. The van der Waals surface area contributed by atoms with E-state index in [2.05, 4.69) is 0 Å². The lowest BCUT2D eigenvalue weighted by Crippen LogP contribution is -2.44. The van der Waals surface area contributed by atoms with Gasteiger partial charge in [0.05, 0.1) is 0 Å². The number of Topliss-reactive ketones (excluding diaryl/α,β-unsaturated/α-hetero) is 1. The molecule has 0 saturated carbocycles. The van der Waals surface area contributed by atoms with Crippen LogP contribution in [0.15, 0.2) is 18.2 Å². The number of alkyl halides is 5. The van der Waals surface area contributed by atoms with Crippen molar-refractivity contribution in [3.05, 3.63) is 34.9 Å². The molecule has 0 aliphatic carbocycles. The van der Waals surface area contributed by atoms with Gasteiger partial charge in [0.1, 0.15) is 0 Å². The van der Waals surface area contributed by atoms with E-state index in [1.54, 1.807) is 19.9 Å². The van der Waals surface area contributed by atoms with Crippen LogP contribution in [-0.4, -0.2) is 17.9 Å². The summed E-state index contributed by atoms with van der Waals surface area (Å²) in [5, 5.41) is 0. The van der Waals surface area contributed by atoms with Gasteiger partial charge in [0, 0.05) is 6.42 Å². The molecule has 100 valence electrons. The highest BCUT2D eigenvalue weighted by atomic mass is 19.4. The van der Waals surface area contributed by atoms with Crippen molar-refractivity contribution in [2.24, 2.45) is 0 Å². The molecule has 0 saturated heterocycles. The van der Waals surface area contributed by atoms with Gasteiger partial charge in [-0.3, -0.25) is 4.79 Å². The third-order valence-electron chi connectivity index (χ3n) is 2.35. The molecule has 0 fully saturated rings. The Kier molecular flexibility index (Phi) is 3.78. The minimum Gasteiger partial charge on any atom is -0.292 e. The fraction of sp³-hybridized carbons (Fsp3) is 0.417. The molecule has 0 heterocycles. The Balaban J connectivity index is 2.95. The summed E-state index contributed by atoms with van der Waals surface area (Å²) in [5.74, 6) is -7.44. The lowest BCUT2D eigenvalue weighted by molar-refractivity contribution is -0.268. The van der Waals surface area contributed by atoms with E-state index < -0.39 is 24.3 Å². The molecule has 18 heavy (non-hydrogen) atoms. The summed E-state index contributed by atoms with van der Waals surface area (Å²) in [6.45, 7) is 3.34. The third kappa shape index (κ3) is 3.05. The van der Waals surface area contributed by atoms with Crippen LogP contribution >= 0.6 is 0 Å². The van der Waals surface area contributed by atoms with Crippen LogP contribution in [0.3, 0.4) is 0 Å². The predicted molar refractivity (Wildman–Crippen MR) is 55.6 cm³/mol. The maximum atomic E-state index is 12.7. The van der Waals surface area contributed by atoms with Crippen LogP contribution < -0.4 is 0 Å². The van der Waals surface area contributed by atoms with Crippen molar-refractivity contribution < 1.29 is 26.7 Å². The van der Waals surface area contributed by atoms with Crippen LogP contribution in [0.5, 0.6) is 0 Å². The van der Waals surface area contributed by atoms with Crippen molar-refractivity contribution in [1.29, 1.82) is 0 Å². The van der Waals surface area contributed by atoms with E-state index in [0.29, 0.717) is 11.1 Å². The first-order valence-corrected chi connectivity index (χ1v) is 5.09. The SMILES string of the molecule is Cc1cc(C)cc(CC(=O)C(F)(F)C(F)(F)F)c1. The van der Waals surface area contributed by atoms with Crippen LogP contribution in [0.1, 0.15) is 16.7 Å². The number of carbonyl (C=O) groups excluding carboxylic acids is 1. The first-order chi connectivity index (χ1) is 8.04. The van der Waals surface area contributed by atoms with Gasteiger partial charge in [0.2, 0.25) is 5.78 Å². The average molecular weight is 266 g/mol. The van der Waals surface area contributed by atoms with Crippen LogP contribution in [0.25, 0.3) is 0 Å². The van der Waals surface area contributed by atoms with Crippen molar-refractivity contribution in [2.45, 2.75) is 32.4 Å². The van der Waals surface area contributed by atoms with Gasteiger partial charge in [-0.05, 0) is 19.4 Å². The lowest BCUT2D eigenvalue weighted by Gasteiger charge is -2.18. The topological polar surface area (TPSA) is 17.1 Å². The molecule has 0 atom stereocenters. The van der Waals surface area contributed by atoms with E-state index in [4.69, 9.17) is 0 Å². The predicted octanol–water partition coefficient (Wildman–Crippen LogP) is 3.61. The zero-order valence-corrected chi connectivity index (χ0v) is 9.74. The maximum absolute atomic E-state index is 12.7. The Bertz CT molecular complexity index is 442. The minimum absolute atomic E-state index is 0.154. The Hall–Kier alpha value is -1.46. The molecule has 0 radical (unpaired) electrons. The van der Waals surface area contributed by atoms with E-state index in [1.807, 2.05) is 0 Å². The molecule has 1 rings (SSSR count). The minimum atomic E-state index is -5.84. The van der Waals surface area contributed by atoms with E-state index in [-0.39, 0.29) is 5.56 Å². The summed E-state index contributed by atoms with van der Waals surface area (Å²) in [5.41, 5.74) is 1.56. The summed E-state index contributed by atoms with van der Waals surface area (Å²) in [7, 11) is 0. The smallest absolute Gasteiger partial charge is 0.292 e. The molecule has 0 aromatic heterocycles. The highest BCUT2D eigenvalue weighted by Crippen LogP contribution is 2.36. The van der Waals surface area contributed by atoms with Gasteiger partial charge < -0.3 is 0 Å². The molecule has 6 heteroatoms. The summed E-state index contributed by atoms with van der Waals surface area (Å²) < 4.78 is 61.4. The van der Waals surface area contributed by atoms with Crippen LogP contribution in [-0.2, 0) is 11.2 Å². The summed E-state index contributed by atoms with van der Waals surface area (Å²) in [4.78, 5) is 11.0. The Morgan fingerprint density at radius 3 is 1.83 bits per heavy atom. The Morgan fingerprint density at radius 1 is 1.00 bits per heavy atom. The van der Waals surface area contributed by atoms with Gasteiger partial charge in [0.15, 0.2) is 0 Å². The first kappa shape index (κ1) is 14.6. The molecular weight excluding hydrogens is 255 g/mol. The molecule has 0 N–H and O–H groups in total. The van der Waals surface area contributed by atoms with Crippen LogP contribution in [0.2, 0.25) is 0 Å². The molecular formula is C12H11F5O. The number of carbonyl (C=O) groups is 1. The summed E-state index contributed by atoms with van der Waals surface area (Å²) in [6, 6.07) is 4.56. The number of aryl methyl sites for hydroxylation is 2. The molecule has 1 aromatic carbocycles. The lowest BCUT2D eigenvalue weighted by atomic mass is 10.0. The summed E-state index contributed by atoms with van der Waals surface area (Å²) in [6.07, 6.45) is -6.78. The molecule has 0 spiro atoms. The Labute approximate surface area is 101 Å². The largest absolute Gasteiger partial charge is 0.461 e. The summed E-state index contributed by atoms with van der Waals surface area (Å²) >= 11 is 0. The van der Waals surface area contributed by atoms with Gasteiger partial charge in [-0.1, -0.05) is 29.3 Å². The van der Waals surface area contributed by atoms with Crippen molar-refractivity contribution in [1.82, 2.24) is 0 Å². The van der Waals surface area contributed by atoms with Crippen molar-refractivity contribution in [3.8, 4) is 0 Å². The number of benzene rings is 1. The molecule has 0 aliphatic heterocycles. The van der Waals surface area contributed by atoms with E-state index in [9.17, 15) is 26.7 Å². The highest BCUT2D eigenvalue weighted by Gasteiger charge is 2.62. The second-order valence-electron chi connectivity index (χ2n) is 4.17. The average Bonchev–Trinajstić information content (AvgIpc) is 2.13. The van der Waals surface area contributed by atoms with Gasteiger partial charge in [-0.15, -0.1) is 0 Å². The molecule has 1 nitrogen and oxygen atoms in total. The highest BCUT2D eigenvalue weighted by molar-refractivity contribution is 5.88. The molecule has 0 unspecified atom stereocenters. The van der Waals surface area contributed by atoms with Gasteiger partial charge in [-0.2, -0.15) is 22.0 Å². The van der Waals surface area contributed by atoms with E-state index in [1.165, 1.54) is 12.1 Å². The van der Waals surface area contributed by atoms with E-state index in [0.717, 1.165) is 0 Å². The number of hydrogen-bond donors (Lipinski definition) is 0. The normalized spacial score (nSPS) is 12.6. The zero-order valence-electron chi connectivity index (χ0n) is 9.74. The van der Waals surface area contributed by atoms with Crippen LogP contribution in [0, 0.1) is 13.8 Å². The van der Waals surface area contributed by atoms with Crippen molar-refractivity contribution in [3.63, 3.8) is 0 Å². The fourth-order valence-electron chi connectivity index (χ4n) is 1.63. The van der Waals surface area contributed by atoms with Gasteiger partial charge in [0.25, 0.3) is 0 Å². The first-order valence-electron chi connectivity index (χ1n) is 5.09. The van der Waals surface area contributed by atoms with Crippen molar-refractivity contribution >= 4 is 5.78 Å². The van der Waals surface area contributed by atoms with E-state index >= 15 is 0 Å². The monoisotopic (exact) mass is 266 g/mol. The number of rotatable bonds is 3. The van der Waals surface area contributed by atoms with Gasteiger partial charge in [-0.25, -0.2) is 0 Å². The maximum Gasteiger partial charge on any atom is 0.461 e.